The van der Waals surface area contributed by atoms with Crippen molar-refractivity contribution >= 4 is 22.8 Å². The number of anilines is 1. The van der Waals surface area contributed by atoms with Crippen LogP contribution in [0.15, 0.2) is 12.4 Å². The summed E-state index contributed by atoms with van der Waals surface area (Å²) in [7, 11) is 0. The van der Waals surface area contributed by atoms with Gasteiger partial charge in [-0.1, -0.05) is 0 Å². The SMILES string of the molecule is Nc1ncnc2[nH]c(C(=O)O)cc12. The molecule has 0 fully saturated rings. The second-order valence-electron chi connectivity index (χ2n) is 2.51. The van der Waals surface area contributed by atoms with Crippen LogP contribution >= 0.6 is 0 Å². The first-order chi connectivity index (χ1) is 6.18. The molecule has 0 aliphatic carbocycles. The molecule has 2 aromatic rings. The van der Waals surface area contributed by atoms with Gasteiger partial charge in [-0.2, -0.15) is 0 Å². The highest BCUT2D eigenvalue weighted by atomic mass is 16.4. The topological polar surface area (TPSA) is 105 Å². The van der Waals surface area contributed by atoms with Gasteiger partial charge in [-0.05, 0) is 6.07 Å². The molecule has 66 valence electrons. The van der Waals surface area contributed by atoms with Crippen LogP contribution in [0.3, 0.4) is 0 Å². The first kappa shape index (κ1) is 7.53. The van der Waals surface area contributed by atoms with E-state index in [1.807, 2.05) is 0 Å². The highest BCUT2D eigenvalue weighted by Gasteiger charge is 2.09. The Bertz CT molecular complexity index is 476. The van der Waals surface area contributed by atoms with Crippen LogP contribution in [-0.2, 0) is 0 Å². The van der Waals surface area contributed by atoms with Crippen LogP contribution in [0.4, 0.5) is 5.82 Å². The average Bonchev–Trinajstić information content (AvgIpc) is 2.49. The van der Waals surface area contributed by atoms with Crippen LogP contribution in [0, 0.1) is 0 Å². The number of nitrogens with two attached hydrogens (primary N) is 1. The molecular formula is C7H6N4O2. The summed E-state index contributed by atoms with van der Waals surface area (Å²) in [4.78, 5) is 20.7. The third kappa shape index (κ3) is 1.08. The van der Waals surface area contributed by atoms with Crippen LogP contribution in [0.25, 0.3) is 11.0 Å². The van der Waals surface area contributed by atoms with E-state index < -0.39 is 5.97 Å². The number of nitrogen functional groups attached to an aromatic ring is 1. The van der Waals surface area contributed by atoms with Gasteiger partial charge in [-0.25, -0.2) is 14.8 Å². The van der Waals surface area contributed by atoms with E-state index in [0.29, 0.717) is 11.0 Å². The monoisotopic (exact) mass is 178 g/mol. The lowest BCUT2D eigenvalue weighted by Gasteiger charge is -1.90. The molecule has 0 saturated carbocycles. The van der Waals surface area contributed by atoms with Gasteiger partial charge >= 0.3 is 5.97 Å². The van der Waals surface area contributed by atoms with Gasteiger partial charge in [0.15, 0.2) is 0 Å². The number of carboxylic acid groups (broad SMARTS) is 1. The van der Waals surface area contributed by atoms with Gasteiger partial charge in [-0.3, -0.25) is 0 Å². The zero-order valence-corrected chi connectivity index (χ0v) is 6.48. The molecule has 0 amide bonds. The Labute approximate surface area is 72.4 Å². The minimum Gasteiger partial charge on any atom is -0.477 e. The molecule has 0 aliphatic rings. The normalized spacial score (nSPS) is 10.5. The Morgan fingerprint density at radius 3 is 2.92 bits per heavy atom. The van der Waals surface area contributed by atoms with Gasteiger partial charge in [-0.15, -0.1) is 0 Å². The fourth-order valence-electron chi connectivity index (χ4n) is 1.07. The number of aromatic nitrogens is 3. The lowest BCUT2D eigenvalue weighted by Crippen LogP contribution is -1.94. The lowest BCUT2D eigenvalue weighted by atomic mass is 10.3. The highest BCUT2D eigenvalue weighted by molar-refractivity contribution is 5.95. The third-order valence-corrected chi connectivity index (χ3v) is 1.69. The largest absolute Gasteiger partial charge is 0.477 e. The fourth-order valence-corrected chi connectivity index (χ4v) is 1.07. The Kier molecular flexibility index (Phi) is 1.42. The van der Waals surface area contributed by atoms with E-state index in [2.05, 4.69) is 15.0 Å². The number of nitrogens with one attached hydrogen (secondary N) is 1. The molecule has 0 unspecified atom stereocenters. The zero-order valence-electron chi connectivity index (χ0n) is 6.48. The maximum Gasteiger partial charge on any atom is 0.352 e. The van der Waals surface area contributed by atoms with Crippen molar-refractivity contribution in [1.29, 1.82) is 0 Å². The molecule has 2 aromatic heterocycles. The van der Waals surface area contributed by atoms with E-state index >= 15 is 0 Å². The zero-order chi connectivity index (χ0) is 9.42. The maximum absolute atomic E-state index is 10.6. The number of H-pyrrole nitrogens is 1. The first-order valence-corrected chi connectivity index (χ1v) is 3.51. The smallest absolute Gasteiger partial charge is 0.352 e. The number of hydrogen-bond donors (Lipinski definition) is 3. The van der Waals surface area contributed by atoms with E-state index in [-0.39, 0.29) is 11.5 Å². The number of hydrogen-bond acceptors (Lipinski definition) is 4. The van der Waals surface area contributed by atoms with Crippen LogP contribution in [0.2, 0.25) is 0 Å². The van der Waals surface area contributed by atoms with Crippen molar-refractivity contribution in [2.24, 2.45) is 0 Å². The predicted octanol–water partition coefficient (Wildman–Crippen LogP) is 0.238. The average molecular weight is 178 g/mol. The molecule has 0 bridgehead atoms. The lowest BCUT2D eigenvalue weighted by molar-refractivity contribution is 0.0691. The van der Waals surface area contributed by atoms with E-state index in [1.54, 1.807) is 0 Å². The summed E-state index contributed by atoms with van der Waals surface area (Å²) in [5.41, 5.74) is 6.00. The Morgan fingerprint density at radius 1 is 1.54 bits per heavy atom. The quantitative estimate of drug-likeness (QED) is 0.580. The van der Waals surface area contributed by atoms with Crippen LogP contribution in [-0.4, -0.2) is 26.0 Å². The van der Waals surface area contributed by atoms with Crippen molar-refractivity contribution < 1.29 is 9.90 Å². The summed E-state index contributed by atoms with van der Waals surface area (Å²) in [5.74, 6) is -0.772. The van der Waals surface area contributed by atoms with E-state index in [4.69, 9.17) is 10.8 Å². The molecule has 0 aromatic carbocycles. The molecule has 4 N–H and O–H groups in total. The predicted molar refractivity (Wildman–Crippen MR) is 45.3 cm³/mol. The van der Waals surface area contributed by atoms with Crippen molar-refractivity contribution in [3.05, 3.63) is 18.1 Å². The highest BCUT2D eigenvalue weighted by Crippen LogP contribution is 2.16. The number of rotatable bonds is 1. The number of aromatic carboxylic acids is 1. The Balaban J connectivity index is 2.75. The molecule has 6 nitrogen and oxygen atoms in total. The van der Waals surface area contributed by atoms with Gasteiger partial charge in [0.05, 0.1) is 5.39 Å². The summed E-state index contributed by atoms with van der Waals surface area (Å²) in [6.45, 7) is 0. The molecule has 13 heavy (non-hydrogen) atoms. The Hall–Kier alpha value is -2.11. The van der Waals surface area contributed by atoms with E-state index in [0.717, 1.165) is 0 Å². The van der Waals surface area contributed by atoms with Gasteiger partial charge < -0.3 is 15.8 Å². The van der Waals surface area contributed by atoms with Gasteiger partial charge in [0.25, 0.3) is 0 Å². The fraction of sp³-hybridized carbons (Fsp3) is 0. The molecular weight excluding hydrogens is 172 g/mol. The van der Waals surface area contributed by atoms with E-state index in [9.17, 15) is 4.79 Å². The minimum atomic E-state index is -1.04. The van der Waals surface area contributed by atoms with Crippen molar-refractivity contribution in [3.63, 3.8) is 0 Å². The maximum atomic E-state index is 10.6. The third-order valence-electron chi connectivity index (χ3n) is 1.69. The van der Waals surface area contributed by atoms with Crippen molar-refractivity contribution in [1.82, 2.24) is 15.0 Å². The summed E-state index contributed by atoms with van der Waals surface area (Å²) < 4.78 is 0. The second-order valence-corrected chi connectivity index (χ2v) is 2.51. The van der Waals surface area contributed by atoms with Crippen LogP contribution in [0.5, 0.6) is 0 Å². The standard InChI is InChI=1S/C7H6N4O2/c8-5-3-1-4(7(12)13)11-6(3)10-2-9-5/h1-2H,(H,12,13)(H3,8,9,10,11). The number of carboxylic acids is 1. The molecule has 0 radical (unpaired) electrons. The minimum absolute atomic E-state index is 0.0576. The van der Waals surface area contributed by atoms with Gasteiger partial charge in [0.1, 0.15) is 23.5 Å². The molecule has 6 heteroatoms. The van der Waals surface area contributed by atoms with Gasteiger partial charge in [0, 0.05) is 0 Å². The molecule has 0 aliphatic heterocycles. The van der Waals surface area contributed by atoms with Crippen LogP contribution in [0.1, 0.15) is 10.5 Å². The van der Waals surface area contributed by atoms with Gasteiger partial charge in [0.2, 0.25) is 0 Å². The van der Waals surface area contributed by atoms with Crippen molar-refractivity contribution in [2.75, 3.05) is 5.73 Å². The molecule has 0 atom stereocenters. The van der Waals surface area contributed by atoms with Crippen molar-refractivity contribution in [3.8, 4) is 0 Å². The summed E-state index contributed by atoms with van der Waals surface area (Å²) in [6.07, 6.45) is 1.28. The summed E-state index contributed by atoms with van der Waals surface area (Å²) >= 11 is 0. The van der Waals surface area contributed by atoms with Crippen molar-refractivity contribution in [2.45, 2.75) is 0 Å². The number of carbonyl (C=O) groups is 1. The molecule has 2 heterocycles. The van der Waals surface area contributed by atoms with Crippen LogP contribution < -0.4 is 5.73 Å². The van der Waals surface area contributed by atoms with E-state index in [1.165, 1.54) is 12.4 Å². The molecule has 0 spiro atoms. The number of aromatic amines is 1. The first-order valence-electron chi connectivity index (χ1n) is 3.51. The molecule has 2 rings (SSSR count). The summed E-state index contributed by atoms with van der Waals surface area (Å²) in [5, 5.41) is 9.18. The number of nitrogens with zero attached hydrogens (tertiary/aromatic N) is 2. The number of fused-ring (bicyclic) bond motifs is 1. The second kappa shape index (κ2) is 2.44. The molecule has 0 saturated heterocycles. The Morgan fingerprint density at radius 2 is 2.31 bits per heavy atom. The summed E-state index contributed by atoms with van der Waals surface area (Å²) in [6, 6.07) is 1.41.